The van der Waals surface area contributed by atoms with Crippen molar-refractivity contribution in [2.24, 2.45) is 7.05 Å². The van der Waals surface area contributed by atoms with Gasteiger partial charge in [-0.25, -0.2) is 0 Å². The van der Waals surface area contributed by atoms with Crippen LogP contribution in [0.2, 0.25) is 5.02 Å². The lowest BCUT2D eigenvalue weighted by Crippen LogP contribution is -2.04. The van der Waals surface area contributed by atoms with E-state index < -0.39 is 0 Å². The summed E-state index contributed by atoms with van der Waals surface area (Å²) in [6.07, 6.45) is 0. The van der Waals surface area contributed by atoms with E-state index >= 15 is 0 Å². The van der Waals surface area contributed by atoms with E-state index in [9.17, 15) is 0 Å². The first kappa shape index (κ1) is 17.8. The normalized spacial score (nSPS) is 10.9. The van der Waals surface area contributed by atoms with Crippen molar-refractivity contribution in [3.63, 3.8) is 0 Å². The maximum atomic E-state index is 6.02. The Hall–Kier alpha value is -1.98. The molecule has 0 spiro atoms. The van der Waals surface area contributed by atoms with Gasteiger partial charge >= 0.3 is 0 Å². The zero-order valence-corrected chi connectivity index (χ0v) is 16.1. The fourth-order valence-corrected chi connectivity index (χ4v) is 3.62. The lowest BCUT2D eigenvalue weighted by atomic mass is 10.1. The molecule has 4 nitrogen and oxygen atoms in total. The Morgan fingerprint density at radius 1 is 1.08 bits per heavy atom. The standard InChI is InChI=1S/C19H20ClN3OS/c1-13-7-14(2)9-17(8-13)24-11-18-21-22-19(23(18)3)25-12-15-5-4-6-16(20)10-15/h4-10H,11-12H2,1-3H3. The molecule has 3 rings (SSSR count). The molecule has 0 bridgehead atoms. The van der Waals surface area contributed by atoms with E-state index in [2.05, 4.69) is 36.2 Å². The number of hydrogen-bond donors (Lipinski definition) is 0. The van der Waals surface area contributed by atoms with E-state index in [1.54, 1.807) is 11.8 Å². The number of benzene rings is 2. The predicted octanol–water partition coefficient (Wildman–Crippen LogP) is 4.96. The molecule has 2 aromatic carbocycles. The number of thioether (sulfide) groups is 1. The summed E-state index contributed by atoms with van der Waals surface area (Å²) >= 11 is 7.66. The molecular weight excluding hydrogens is 354 g/mol. The minimum atomic E-state index is 0.393. The Morgan fingerprint density at radius 3 is 2.56 bits per heavy atom. The molecule has 0 aliphatic rings. The fraction of sp³-hybridized carbons (Fsp3) is 0.263. The van der Waals surface area contributed by atoms with Crippen LogP contribution in [0.4, 0.5) is 0 Å². The second-order valence-electron chi connectivity index (χ2n) is 5.99. The zero-order valence-electron chi connectivity index (χ0n) is 14.5. The van der Waals surface area contributed by atoms with Crippen LogP contribution < -0.4 is 4.74 Å². The Balaban J connectivity index is 1.62. The molecule has 0 fully saturated rings. The van der Waals surface area contributed by atoms with Gasteiger partial charge < -0.3 is 9.30 Å². The van der Waals surface area contributed by atoms with Crippen LogP contribution in [0.5, 0.6) is 5.75 Å². The maximum absolute atomic E-state index is 6.02. The molecule has 0 atom stereocenters. The minimum absolute atomic E-state index is 0.393. The SMILES string of the molecule is Cc1cc(C)cc(OCc2nnc(SCc3cccc(Cl)c3)n2C)c1. The van der Waals surface area contributed by atoms with E-state index in [1.165, 1.54) is 11.1 Å². The van der Waals surface area contributed by atoms with Gasteiger partial charge in [0.25, 0.3) is 0 Å². The average Bonchev–Trinajstić information content (AvgIpc) is 2.90. The van der Waals surface area contributed by atoms with Crippen molar-refractivity contribution in [2.45, 2.75) is 31.4 Å². The zero-order chi connectivity index (χ0) is 17.8. The Bertz CT molecular complexity index is 859. The van der Waals surface area contributed by atoms with Crippen LogP contribution in [0.1, 0.15) is 22.5 Å². The molecule has 1 heterocycles. The van der Waals surface area contributed by atoms with Gasteiger partial charge in [0, 0.05) is 17.8 Å². The molecule has 0 amide bonds. The highest BCUT2D eigenvalue weighted by Crippen LogP contribution is 2.23. The van der Waals surface area contributed by atoms with Crippen LogP contribution >= 0.6 is 23.4 Å². The molecule has 0 aliphatic carbocycles. The second kappa shape index (κ2) is 7.93. The molecule has 0 N–H and O–H groups in total. The molecular formula is C19H20ClN3OS. The van der Waals surface area contributed by atoms with Crippen LogP contribution in [0, 0.1) is 13.8 Å². The van der Waals surface area contributed by atoms with Crippen LogP contribution in [0.25, 0.3) is 0 Å². The Labute approximate surface area is 157 Å². The van der Waals surface area contributed by atoms with Crippen LogP contribution in [0.15, 0.2) is 47.6 Å². The first-order chi connectivity index (χ1) is 12.0. The third kappa shape index (κ3) is 4.77. The summed E-state index contributed by atoms with van der Waals surface area (Å²) in [5.41, 5.74) is 3.53. The summed E-state index contributed by atoms with van der Waals surface area (Å²) in [6, 6.07) is 14.0. The summed E-state index contributed by atoms with van der Waals surface area (Å²) in [5.74, 6) is 2.45. The van der Waals surface area contributed by atoms with E-state index in [1.807, 2.05) is 41.9 Å². The molecule has 130 valence electrons. The quantitative estimate of drug-likeness (QED) is 0.573. The molecule has 0 saturated carbocycles. The lowest BCUT2D eigenvalue weighted by molar-refractivity contribution is 0.290. The second-order valence-corrected chi connectivity index (χ2v) is 7.37. The van der Waals surface area contributed by atoms with E-state index in [-0.39, 0.29) is 0 Å². The molecule has 25 heavy (non-hydrogen) atoms. The first-order valence-corrected chi connectivity index (χ1v) is 9.34. The van der Waals surface area contributed by atoms with Crippen molar-refractivity contribution in [3.8, 4) is 5.75 Å². The van der Waals surface area contributed by atoms with Gasteiger partial charge in [0.05, 0.1) is 0 Å². The van der Waals surface area contributed by atoms with E-state index in [0.717, 1.165) is 33.1 Å². The highest BCUT2D eigenvalue weighted by molar-refractivity contribution is 7.98. The third-order valence-corrected chi connectivity index (χ3v) is 5.07. The summed E-state index contributed by atoms with van der Waals surface area (Å²) in [4.78, 5) is 0. The smallest absolute Gasteiger partial charge is 0.191 e. The number of aryl methyl sites for hydroxylation is 2. The minimum Gasteiger partial charge on any atom is -0.486 e. The van der Waals surface area contributed by atoms with Gasteiger partial charge in [-0.15, -0.1) is 10.2 Å². The first-order valence-electron chi connectivity index (χ1n) is 7.98. The average molecular weight is 374 g/mol. The van der Waals surface area contributed by atoms with Gasteiger partial charge in [0.15, 0.2) is 11.0 Å². The number of hydrogen-bond acceptors (Lipinski definition) is 4. The van der Waals surface area contributed by atoms with Crippen LogP contribution in [-0.2, 0) is 19.4 Å². The summed E-state index contributed by atoms with van der Waals surface area (Å²) in [5, 5.41) is 10.1. The summed E-state index contributed by atoms with van der Waals surface area (Å²) in [7, 11) is 1.96. The third-order valence-electron chi connectivity index (χ3n) is 3.75. The molecule has 0 aliphatic heterocycles. The van der Waals surface area contributed by atoms with Crippen molar-refractivity contribution < 1.29 is 4.74 Å². The van der Waals surface area contributed by atoms with E-state index in [4.69, 9.17) is 16.3 Å². The fourth-order valence-electron chi connectivity index (χ4n) is 2.54. The van der Waals surface area contributed by atoms with Crippen molar-refractivity contribution in [1.82, 2.24) is 14.8 Å². The van der Waals surface area contributed by atoms with Gasteiger partial charge in [0.1, 0.15) is 12.4 Å². The van der Waals surface area contributed by atoms with Gasteiger partial charge in [-0.1, -0.05) is 41.6 Å². The van der Waals surface area contributed by atoms with Crippen molar-refractivity contribution in [3.05, 3.63) is 70.0 Å². The number of aromatic nitrogens is 3. The highest BCUT2D eigenvalue weighted by atomic mass is 35.5. The van der Waals surface area contributed by atoms with Crippen LogP contribution in [-0.4, -0.2) is 14.8 Å². The topological polar surface area (TPSA) is 39.9 Å². The van der Waals surface area contributed by atoms with Gasteiger partial charge in [-0.2, -0.15) is 0 Å². The number of ether oxygens (including phenoxy) is 1. The van der Waals surface area contributed by atoms with Gasteiger partial charge in [0.2, 0.25) is 0 Å². The van der Waals surface area contributed by atoms with Crippen LogP contribution in [0.3, 0.4) is 0 Å². The molecule has 0 unspecified atom stereocenters. The predicted molar refractivity (Wildman–Crippen MR) is 102 cm³/mol. The number of halogens is 1. The summed E-state index contributed by atoms with van der Waals surface area (Å²) < 4.78 is 7.85. The van der Waals surface area contributed by atoms with Gasteiger partial charge in [-0.05, 0) is 54.8 Å². The highest BCUT2D eigenvalue weighted by Gasteiger charge is 2.10. The largest absolute Gasteiger partial charge is 0.486 e. The molecule has 0 radical (unpaired) electrons. The molecule has 3 aromatic rings. The Kier molecular flexibility index (Phi) is 5.66. The van der Waals surface area contributed by atoms with Crippen molar-refractivity contribution in [1.29, 1.82) is 0 Å². The van der Waals surface area contributed by atoms with Gasteiger partial charge in [-0.3, -0.25) is 0 Å². The maximum Gasteiger partial charge on any atom is 0.191 e. The molecule has 1 aromatic heterocycles. The monoisotopic (exact) mass is 373 g/mol. The number of nitrogens with zero attached hydrogens (tertiary/aromatic N) is 3. The summed E-state index contributed by atoms with van der Waals surface area (Å²) in [6.45, 7) is 4.52. The number of rotatable bonds is 6. The van der Waals surface area contributed by atoms with Crippen molar-refractivity contribution in [2.75, 3.05) is 0 Å². The van der Waals surface area contributed by atoms with Crippen molar-refractivity contribution >= 4 is 23.4 Å². The molecule has 6 heteroatoms. The Morgan fingerprint density at radius 2 is 1.84 bits per heavy atom. The molecule has 0 saturated heterocycles. The van der Waals surface area contributed by atoms with E-state index in [0.29, 0.717) is 6.61 Å². The lowest BCUT2D eigenvalue weighted by Gasteiger charge is -2.08.